The molecule has 1 N–H and O–H groups in total. The third-order valence-corrected chi connectivity index (χ3v) is 3.45. The van der Waals surface area contributed by atoms with Crippen molar-refractivity contribution in [2.45, 2.75) is 39.6 Å². The van der Waals surface area contributed by atoms with E-state index in [-0.39, 0.29) is 0 Å². The van der Waals surface area contributed by atoms with Gasteiger partial charge in [-0.3, -0.25) is 0 Å². The highest BCUT2D eigenvalue weighted by molar-refractivity contribution is 5.67. The normalized spacial score (nSPS) is 14.1. The van der Waals surface area contributed by atoms with Crippen molar-refractivity contribution in [1.29, 1.82) is 0 Å². The van der Waals surface area contributed by atoms with Gasteiger partial charge in [0.05, 0.1) is 26.0 Å². The van der Waals surface area contributed by atoms with E-state index in [4.69, 9.17) is 9.15 Å². The topological polar surface area (TPSA) is 34.4 Å². The van der Waals surface area contributed by atoms with Gasteiger partial charge < -0.3 is 14.5 Å². The van der Waals surface area contributed by atoms with Crippen molar-refractivity contribution in [2.75, 3.05) is 0 Å². The molecule has 0 amide bonds. The van der Waals surface area contributed by atoms with E-state index in [9.17, 15) is 0 Å². The van der Waals surface area contributed by atoms with Crippen LogP contribution in [0.1, 0.15) is 30.7 Å². The lowest BCUT2D eigenvalue weighted by molar-refractivity contribution is 0.134. The summed E-state index contributed by atoms with van der Waals surface area (Å²) in [5, 5.41) is 3.39. The first-order valence-electron chi connectivity index (χ1n) is 6.73. The Bertz CT molecular complexity index is 572. The van der Waals surface area contributed by atoms with E-state index in [1.807, 2.05) is 6.07 Å². The third kappa shape index (κ3) is 2.57. The van der Waals surface area contributed by atoms with Crippen LogP contribution in [0.25, 0.3) is 11.1 Å². The van der Waals surface area contributed by atoms with E-state index in [2.05, 4.69) is 37.4 Å². The highest BCUT2D eigenvalue weighted by Crippen LogP contribution is 2.29. The van der Waals surface area contributed by atoms with Gasteiger partial charge in [-0.15, -0.1) is 0 Å². The zero-order valence-corrected chi connectivity index (χ0v) is 11.4. The van der Waals surface area contributed by atoms with Crippen LogP contribution in [-0.2, 0) is 24.5 Å². The molecule has 19 heavy (non-hydrogen) atoms. The van der Waals surface area contributed by atoms with E-state index in [1.165, 1.54) is 22.3 Å². The number of ether oxygens (including phenoxy) is 1. The molecular formula is C16H19NO2. The summed E-state index contributed by atoms with van der Waals surface area (Å²) in [7, 11) is 0. The van der Waals surface area contributed by atoms with Gasteiger partial charge in [0.2, 0.25) is 0 Å². The standard InChI is InChI=1S/C16H19NO2/c1-11(2)17-8-16-15(5-6-19-16)12-3-4-13-9-18-10-14(13)7-12/h3-7,11,17H,8-10H2,1-2H3. The maximum absolute atomic E-state index is 5.60. The second-order valence-corrected chi connectivity index (χ2v) is 5.27. The fraction of sp³-hybridized carbons (Fsp3) is 0.375. The summed E-state index contributed by atoms with van der Waals surface area (Å²) < 4.78 is 11.1. The van der Waals surface area contributed by atoms with Crippen LogP contribution in [0.15, 0.2) is 34.9 Å². The Morgan fingerprint density at radius 1 is 1.16 bits per heavy atom. The van der Waals surface area contributed by atoms with Crippen LogP contribution >= 0.6 is 0 Å². The first-order chi connectivity index (χ1) is 9.24. The monoisotopic (exact) mass is 257 g/mol. The summed E-state index contributed by atoms with van der Waals surface area (Å²) in [6.07, 6.45) is 1.76. The van der Waals surface area contributed by atoms with E-state index in [0.717, 1.165) is 25.5 Å². The van der Waals surface area contributed by atoms with E-state index < -0.39 is 0 Å². The largest absolute Gasteiger partial charge is 0.467 e. The zero-order valence-electron chi connectivity index (χ0n) is 11.4. The van der Waals surface area contributed by atoms with Crippen LogP contribution in [0, 0.1) is 0 Å². The second kappa shape index (κ2) is 5.19. The molecule has 3 nitrogen and oxygen atoms in total. The predicted octanol–water partition coefficient (Wildman–Crippen LogP) is 3.47. The summed E-state index contributed by atoms with van der Waals surface area (Å²) in [5.74, 6) is 0.993. The number of nitrogens with one attached hydrogen (secondary N) is 1. The quantitative estimate of drug-likeness (QED) is 0.910. The van der Waals surface area contributed by atoms with Crippen molar-refractivity contribution < 1.29 is 9.15 Å². The van der Waals surface area contributed by atoms with Gasteiger partial charge >= 0.3 is 0 Å². The van der Waals surface area contributed by atoms with Gasteiger partial charge in [-0.2, -0.15) is 0 Å². The van der Waals surface area contributed by atoms with Crippen LogP contribution in [0.4, 0.5) is 0 Å². The summed E-state index contributed by atoms with van der Waals surface area (Å²) in [6.45, 7) is 6.49. The van der Waals surface area contributed by atoms with Crippen LogP contribution < -0.4 is 5.32 Å². The van der Waals surface area contributed by atoms with Crippen molar-refractivity contribution in [1.82, 2.24) is 5.32 Å². The van der Waals surface area contributed by atoms with Gasteiger partial charge in [0.15, 0.2) is 0 Å². The number of benzene rings is 1. The molecule has 0 fully saturated rings. The minimum Gasteiger partial charge on any atom is -0.467 e. The van der Waals surface area contributed by atoms with Crippen molar-refractivity contribution in [3.8, 4) is 11.1 Å². The summed E-state index contributed by atoms with van der Waals surface area (Å²) in [4.78, 5) is 0. The Hall–Kier alpha value is -1.58. The molecule has 1 aliphatic rings. The number of fused-ring (bicyclic) bond motifs is 1. The average molecular weight is 257 g/mol. The van der Waals surface area contributed by atoms with E-state index >= 15 is 0 Å². The summed E-state index contributed by atoms with van der Waals surface area (Å²) in [5.41, 5.74) is 4.97. The highest BCUT2D eigenvalue weighted by atomic mass is 16.5. The van der Waals surface area contributed by atoms with Crippen molar-refractivity contribution in [3.05, 3.63) is 47.4 Å². The highest BCUT2D eigenvalue weighted by Gasteiger charge is 2.14. The molecule has 0 bridgehead atoms. The summed E-state index contributed by atoms with van der Waals surface area (Å²) in [6, 6.07) is 9.01. The lowest BCUT2D eigenvalue weighted by Crippen LogP contribution is -2.21. The van der Waals surface area contributed by atoms with E-state index in [1.54, 1.807) is 6.26 Å². The van der Waals surface area contributed by atoms with Crippen molar-refractivity contribution >= 4 is 0 Å². The van der Waals surface area contributed by atoms with Gasteiger partial charge in [-0.1, -0.05) is 26.0 Å². The molecule has 0 spiro atoms. The molecule has 2 heterocycles. The van der Waals surface area contributed by atoms with Gasteiger partial charge in [0.1, 0.15) is 5.76 Å². The average Bonchev–Trinajstić information content (AvgIpc) is 3.04. The van der Waals surface area contributed by atoms with Gasteiger partial charge in [-0.05, 0) is 28.8 Å². The molecule has 3 rings (SSSR count). The Morgan fingerprint density at radius 3 is 2.84 bits per heavy atom. The lowest BCUT2D eigenvalue weighted by Gasteiger charge is -2.08. The Morgan fingerprint density at radius 2 is 2.00 bits per heavy atom. The van der Waals surface area contributed by atoms with Crippen LogP contribution in [0.5, 0.6) is 0 Å². The fourth-order valence-electron chi connectivity index (χ4n) is 2.37. The number of hydrogen-bond acceptors (Lipinski definition) is 3. The van der Waals surface area contributed by atoms with Crippen molar-refractivity contribution in [2.24, 2.45) is 0 Å². The molecule has 0 saturated carbocycles. The Kier molecular flexibility index (Phi) is 3.40. The maximum atomic E-state index is 5.60. The Labute approximate surface area is 113 Å². The SMILES string of the molecule is CC(C)NCc1occc1-c1ccc2c(c1)COC2. The molecule has 0 radical (unpaired) electrons. The molecule has 0 saturated heterocycles. The molecule has 0 unspecified atom stereocenters. The van der Waals surface area contributed by atoms with Crippen molar-refractivity contribution in [3.63, 3.8) is 0 Å². The van der Waals surface area contributed by atoms with E-state index in [0.29, 0.717) is 6.04 Å². The molecule has 1 aromatic heterocycles. The minimum absolute atomic E-state index is 0.450. The third-order valence-electron chi connectivity index (χ3n) is 3.45. The minimum atomic E-state index is 0.450. The van der Waals surface area contributed by atoms with Crippen LogP contribution in [0.3, 0.4) is 0 Å². The first kappa shape index (κ1) is 12.5. The molecule has 0 aliphatic carbocycles. The van der Waals surface area contributed by atoms with Gasteiger partial charge in [-0.25, -0.2) is 0 Å². The molecule has 100 valence electrons. The second-order valence-electron chi connectivity index (χ2n) is 5.27. The number of rotatable bonds is 4. The predicted molar refractivity (Wildman–Crippen MR) is 74.6 cm³/mol. The molecule has 1 aliphatic heterocycles. The molecule has 0 atom stereocenters. The lowest BCUT2D eigenvalue weighted by atomic mass is 10.0. The number of hydrogen-bond donors (Lipinski definition) is 1. The van der Waals surface area contributed by atoms with Crippen LogP contribution in [-0.4, -0.2) is 6.04 Å². The summed E-state index contributed by atoms with van der Waals surface area (Å²) >= 11 is 0. The zero-order chi connectivity index (χ0) is 13.2. The fourth-order valence-corrected chi connectivity index (χ4v) is 2.37. The smallest absolute Gasteiger partial charge is 0.125 e. The van der Waals surface area contributed by atoms with Crippen LogP contribution in [0.2, 0.25) is 0 Å². The number of furan rings is 1. The molecule has 3 heteroatoms. The van der Waals surface area contributed by atoms with Gasteiger partial charge in [0, 0.05) is 11.6 Å². The molecule has 1 aromatic carbocycles. The molecular weight excluding hydrogens is 238 g/mol. The van der Waals surface area contributed by atoms with Gasteiger partial charge in [0.25, 0.3) is 0 Å². The Balaban J connectivity index is 1.88. The molecule has 2 aromatic rings. The first-order valence-corrected chi connectivity index (χ1v) is 6.73. The maximum Gasteiger partial charge on any atom is 0.125 e.